The molecular weight excluding hydrogens is 380 g/mol. The van der Waals surface area contributed by atoms with Crippen molar-refractivity contribution in [1.29, 1.82) is 0 Å². The first-order valence-corrected chi connectivity index (χ1v) is 9.00. The zero-order valence-electron chi connectivity index (χ0n) is 15.0. The molecule has 0 saturated heterocycles. The average Bonchev–Trinajstić information content (AvgIpc) is 3.17. The molecule has 0 atom stereocenters. The molecule has 2 aromatic heterocycles. The van der Waals surface area contributed by atoms with Crippen LogP contribution in [0.5, 0.6) is 0 Å². The van der Waals surface area contributed by atoms with Crippen LogP contribution in [-0.2, 0) is 13.2 Å². The van der Waals surface area contributed by atoms with Crippen LogP contribution in [0, 0.1) is 6.92 Å². The largest absolute Gasteiger partial charge is 0.423 e. The van der Waals surface area contributed by atoms with Crippen molar-refractivity contribution in [3.8, 4) is 5.69 Å². The molecule has 4 rings (SSSR count). The topological polar surface area (TPSA) is 93.2 Å². The van der Waals surface area contributed by atoms with Gasteiger partial charge in [-0.1, -0.05) is 16.8 Å². The smallest absolute Gasteiger partial charge is 0.336 e. The predicted octanol–water partition coefficient (Wildman–Crippen LogP) is 3.44. The van der Waals surface area contributed by atoms with Gasteiger partial charge in [0.15, 0.2) is 0 Å². The second-order valence-electron chi connectivity index (χ2n) is 6.40. The molecule has 7 nitrogen and oxygen atoms in total. The molecule has 0 saturated carbocycles. The molecule has 0 amide bonds. The third-order valence-electron chi connectivity index (χ3n) is 4.43. The number of aryl methyl sites for hydroxylation is 1. The standard InChI is InChI=1S/C20H17ClN4O3/c1-12-6-19-17(8-18(12)21)13(7-20(27)28-19)9-22-14-2-4-16(5-3-14)25-10-15(11-26)23-24-25/h2-8,10,22,26H,9,11H2,1H3. The summed E-state index contributed by atoms with van der Waals surface area (Å²) in [6.07, 6.45) is 1.67. The number of rotatable bonds is 5. The van der Waals surface area contributed by atoms with Crippen molar-refractivity contribution in [2.45, 2.75) is 20.1 Å². The van der Waals surface area contributed by atoms with Crippen molar-refractivity contribution < 1.29 is 9.52 Å². The highest BCUT2D eigenvalue weighted by Crippen LogP contribution is 2.25. The van der Waals surface area contributed by atoms with E-state index in [1.165, 1.54) is 6.07 Å². The van der Waals surface area contributed by atoms with Gasteiger partial charge in [-0.25, -0.2) is 9.48 Å². The van der Waals surface area contributed by atoms with Crippen LogP contribution in [-0.4, -0.2) is 20.1 Å². The number of aliphatic hydroxyl groups is 1. The van der Waals surface area contributed by atoms with Crippen LogP contribution in [0.15, 0.2) is 57.9 Å². The van der Waals surface area contributed by atoms with Crippen molar-refractivity contribution in [3.05, 3.63) is 80.9 Å². The number of aromatic nitrogens is 3. The van der Waals surface area contributed by atoms with Crippen LogP contribution in [0.3, 0.4) is 0 Å². The molecular formula is C20H17ClN4O3. The van der Waals surface area contributed by atoms with Crippen molar-refractivity contribution in [2.75, 3.05) is 5.32 Å². The summed E-state index contributed by atoms with van der Waals surface area (Å²) in [5.74, 6) is 0. The minimum Gasteiger partial charge on any atom is -0.423 e. The van der Waals surface area contributed by atoms with Crippen LogP contribution >= 0.6 is 11.6 Å². The average molecular weight is 397 g/mol. The number of fused-ring (bicyclic) bond motifs is 1. The van der Waals surface area contributed by atoms with Crippen LogP contribution in [0.25, 0.3) is 16.7 Å². The van der Waals surface area contributed by atoms with Gasteiger partial charge in [0, 0.05) is 28.7 Å². The SMILES string of the molecule is Cc1cc2oc(=O)cc(CNc3ccc(-n4cc(CO)nn4)cc3)c2cc1Cl. The van der Waals surface area contributed by atoms with E-state index in [-0.39, 0.29) is 6.61 Å². The molecule has 8 heteroatoms. The molecule has 0 bridgehead atoms. The lowest BCUT2D eigenvalue weighted by atomic mass is 10.1. The Morgan fingerprint density at radius 2 is 2.00 bits per heavy atom. The lowest BCUT2D eigenvalue weighted by molar-refractivity contribution is 0.276. The number of nitrogens with one attached hydrogen (secondary N) is 1. The highest BCUT2D eigenvalue weighted by Gasteiger charge is 2.09. The third-order valence-corrected chi connectivity index (χ3v) is 4.83. The molecule has 28 heavy (non-hydrogen) atoms. The Kier molecular flexibility index (Phi) is 4.85. The van der Waals surface area contributed by atoms with Gasteiger partial charge in [0.25, 0.3) is 0 Å². The van der Waals surface area contributed by atoms with Gasteiger partial charge in [0.1, 0.15) is 11.3 Å². The minimum absolute atomic E-state index is 0.151. The number of nitrogens with zero attached hydrogens (tertiary/aromatic N) is 3. The summed E-state index contributed by atoms with van der Waals surface area (Å²) in [7, 11) is 0. The molecule has 142 valence electrons. The maximum Gasteiger partial charge on any atom is 0.336 e. The number of anilines is 1. The van der Waals surface area contributed by atoms with Crippen LogP contribution in [0.4, 0.5) is 5.69 Å². The van der Waals surface area contributed by atoms with Gasteiger partial charge in [0.05, 0.1) is 18.5 Å². The summed E-state index contributed by atoms with van der Waals surface area (Å²) in [4.78, 5) is 11.9. The lowest BCUT2D eigenvalue weighted by Gasteiger charge is -2.10. The summed E-state index contributed by atoms with van der Waals surface area (Å²) in [5.41, 5.74) is 4.00. The fraction of sp³-hybridized carbons (Fsp3) is 0.150. The monoisotopic (exact) mass is 396 g/mol. The van der Waals surface area contributed by atoms with E-state index in [0.717, 1.165) is 27.9 Å². The fourth-order valence-electron chi connectivity index (χ4n) is 2.92. The van der Waals surface area contributed by atoms with Gasteiger partial charge in [0.2, 0.25) is 0 Å². The van der Waals surface area contributed by atoms with E-state index in [4.69, 9.17) is 21.1 Å². The van der Waals surface area contributed by atoms with E-state index in [2.05, 4.69) is 15.6 Å². The summed E-state index contributed by atoms with van der Waals surface area (Å²) in [6, 6.07) is 12.6. The molecule has 2 N–H and O–H groups in total. The molecule has 4 aromatic rings. The number of benzene rings is 2. The summed E-state index contributed by atoms with van der Waals surface area (Å²) in [6.45, 7) is 2.16. The second-order valence-corrected chi connectivity index (χ2v) is 6.81. The van der Waals surface area contributed by atoms with Gasteiger partial charge in [-0.15, -0.1) is 5.10 Å². The van der Waals surface area contributed by atoms with Crippen molar-refractivity contribution in [1.82, 2.24) is 15.0 Å². The summed E-state index contributed by atoms with van der Waals surface area (Å²) in [5, 5.41) is 21.6. The van der Waals surface area contributed by atoms with E-state index in [9.17, 15) is 4.79 Å². The first-order valence-electron chi connectivity index (χ1n) is 8.63. The van der Waals surface area contributed by atoms with Crippen LogP contribution in [0.1, 0.15) is 16.8 Å². The Morgan fingerprint density at radius 1 is 1.21 bits per heavy atom. The van der Waals surface area contributed by atoms with E-state index in [1.807, 2.05) is 37.3 Å². The zero-order chi connectivity index (χ0) is 19.7. The first-order chi connectivity index (χ1) is 13.5. The Labute approximate surface area is 165 Å². The number of hydrogen-bond donors (Lipinski definition) is 2. The summed E-state index contributed by atoms with van der Waals surface area (Å²) >= 11 is 6.24. The molecule has 0 spiro atoms. The van der Waals surface area contributed by atoms with Crippen LogP contribution in [0.2, 0.25) is 5.02 Å². The van der Waals surface area contributed by atoms with Gasteiger partial charge < -0.3 is 14.8 Å². The first kappa shape index (κ1) is 18.2. The quantitative estimate of drug-likeness (QED) is 0.502. The van der Waals surface area contributed by atoms with E-state index in [0.29, 0.717) is 22.8 Å². The normalized spacial score (nSPS) is 11.1. The highest BCUT2D eigenvalue weighted by atomic mass is 35.5. The molecule has 0 radical (unpaired) electrons. The van der Waals surface area contributed by atoms with Gasteiger partial charge in [-0.2, -0.15) is 0 Å². The van der Waals surface area contributed by atoms with E-state index in [1.54, 1.807) is 16.9 Å². The lowest BCUT2D eigenvalue weighted by Crippen LogP contribution is -2.06. The van der Waals surface area contributed by atoms with Crippen molar-refractivity contribution in [3.63, 3.8) is 0 Å². The Hall–Kier alpha value is -3.16. The molecule has 0 unspecified atom stereocenters. The van der Waals surface area contributed by atoms with Gasteiger partial charge in [-0.3, -0.25) is 0 Å². The highest BCUT2D eigenvalue weighted by molar-refractivity contribution is 6.32. The maximum atomic E-state index is 11.9. The number of aliphatic hydroxyl groups excluding tert-OH is 1. The summed E-state index contributed by atoms with van der Waals surface area (Å²) < 4.78 is 6.88. The molecule has 2 aromatic carbocycles. The maximum absolute atomic E-state index is 11.9. The zero-order valence-corrected chi connectivity index (χ0v) is 15.8. The Balaban J connectivity index is 1.56. The van der Waals surface area contributed by atoms with Crippen molar-refractivity contribution >= 4 is 28.3 Å². The predicted molar refractivity (Wildman–Crippen MR) is 107 cm³/mol. The molecule has 0 aliphatic heterocycles. The molecule has 0 aliphatic rings. The minimum atomic E-state index is -0.396. The Morgan fingerprint density at radius 3 is 2.71 bits per heavy atom. The Bertz CT molecular complexity index is 1200. The fourth-order valence-corrected chi connectivity index (χ4v) is 3.08. The molecule has 0 aliphatic carbocycles. The number of hydrogen-bond acceptors (Lipinski definition) is 6. The van der Waals surface area contributed by atoms with Crippen LogP contribution < -0.4 is 10.9 Å². The van der Waals surface area contributed by atoms with E-state index >= 15 is 0 Å². The van der Waals surface area contributed by atoms with Gasteiger partial charge >= 0.3 is 5.63 Å². The third kappa shape index (κ3) is 3.62. The second kappa shape index (κ2) is 7.46. The molecule has 0 fully saturated rings. The van der Waals surface area contributed by atoms with Crippen molar-refractivity contribution in [2.24, 2.45) is 0 Å². The van der Waals surface area contributed by atoms with E-state index < -0.39 is 5.63 Å². The van der Waals surface area contributed by atoms with Gasteiger partial charge in [-0.05, 0) is 54.4 Å². The number of halogens is 1. The molecule has 2 heterocycles.